The van der Waals surface area contributed by atoms with Gasteiger partial charge in [0, 0.05) is 22.3 Å². The maximum Gasteiger partial charge on any atom is 0.397 e. The summed E-state index contributed by atoms with van der Waals surface area (Å²) >= 11 is 0. The first-order valence-corrected chi connectivity index (χ1v) is 19.7. The number of aryl methyl sites for hydroxylation is 2. The van der Waals surface area contributed by atoms with E-state index in [9.17, 15) is 5.11 Å². The smallest absolute Gasteiger partial charge is 0.397 e. The van der Waals surface area contributed by atoms with Crippen molar-refractivity contribution in [1.82, 2.24) is 0 Å². The van der Waals surface area contributed by atoms with Crippen molar-refractivity contribution in [3.05, 3.63) is 57.6 Å². The van der Waals surface area contributed by atoms with Crippen LogP contribution in [0.2, 0.25) is 0 Å². The van der Waals surface area contributed by atoms with Gasteiger partial charge in [-0.05, 0) is 35.5 Å². The van der Waals surface area contributed by atoms with Crippen LogP contribution in [0.15, 0.2) is 24.3 Å². The molecule has 2 aromatic rings. The quantitative estimate of drug-likeness (QED) is 0.284. The Morgan fingerprint density at radius 2 is 1.04 bits per heavy atom. The lowest BCUT2D eigenvalue weighted by atomic mass is 9.78. The van der Waals surface area contributed by atoms with Crippen molar-refractivity contribution in [2.75, 3.05) is 39.8 Å². The van der Waals surface area contributed by atoms with E-state index in [4.69, 9.17) is 22.6 Å². The first kappa shape index (κ1) is 38.2. The molecule has 0 unspecified atom stereocenters. The molecule has 8 heteroatoms. The molecular formula is C37H61O6P2+. The van der Waals surface area contributed by atoms with Crippen molar-refractivity contribution in [2.24, 2.45) is 5.41 Å². The summed E-state index contributed by atoms with van der Waals surface area (Å²) < 4.78 is 32.4. The molecule has 0 radical (unpaired) electrons. The molecule has 0 amide bonds. The maximum atomic E-state index is 10.6. The minimum absolute atomic E-state index is 0.104. The Bertz CT molecular complexity index is 1260. The number of aliphatic hydroxyl groups excluding tert-OH is 1. The summed E-state index contributed by atoms with van der Waals surface area (Å²) in [5.74, 6) is 1.75. The lowest BCUT2D eigenvalue weighted by Gasteiger charge is -2.38. The van der Waals surface area contributed by atoms with E-state index in [1.807, 2.05) is 13.3 Å². The predicted octanol–water partition coefficient (Wildman–Crippen LogP) is 10.3. The van der Waals surface area contributed by atoms with E-state index in [0.717, 1.165) is 22.6 Å². The zero-order valence-corrected chi connectivity index (χ0v) is 32.8. The highest BCUT2D eigenvalue weighted by Gasteiger charge is 2.45. The van der Waals surface area contributed by atoms with E-state index in [0.29, 0.717) is 0 Å². The Labute approximate surface area is 276 Å². The van der Waals surface area contributed by atoms with Crippen LogP contribution in [0.4, 0.5) is 0 Å². The molecule has 1 aliphatic rings. The van der Waals surface area contributed by atoms with Crippen molar-refractivity contribution in [1.29, 1.82) is 0 Å². The van der Waals surface area contributed by atoms with E-state index < -0.39 is 21.7 Å². The van der Waals surface area contributed by atoms with Gasteiger partial charge in [-0.15, -0.1) is 0 Å². The second-order valence-corrected chi connectivity index (χ2v) is 21.6. The SMILES string of the molecule is Cc1cc(C(C)(C)C)c(OP2OCC(CO)(CO[P+](C)(C)Oc3c(C(C)(C)C)cc(C)cc3C(C)(C)C)CO2)c(C(C)(C)C)c1. The molecule has 0 aliphatic carbocycles. The maximum absolute atomic E-state index is 10.6. The van der Waals surface area contributed by atoms with Crippen LogP contribution in [-0.2, 0) is 35.2 Å². The molecular weight excluding hydrogens is 602 g/mol. The van der Waals surface area contributed by atoms with Gasteiger partial charge in [-0.25, -0.2) is 0 Å². The molecule has 1 aliphatic heterocycles. The Morgan fingerprint density at radius 1 is 0.689 bits per heavy atom. The molecule has 1 saturated heterocycles. The van der Waals surface area contributed by atoms with Crippen molar-refractivity contribution in [2.45, 2.75) is 119 Å². The largest absolute Gasteiger partial charge is 0.426 e. The van der Waals surface area contributed by atoms with Gasteiger partial charge >= 0.3 is 16.3 Å². The average Bonchev–Trinajstić information content (AvgIpc) is 2.87. The fourth-order valence-corrected chi connectivity index (χ4v) is 7.87. The number of hydrogen-bond acceptors (Lipinski definition) is 6. The highest BCUT2D eigenvalue weighted by molar-refractivity contribution is 7.65. The summed E-state index contributed by atoms with van der Waals surface area (Å²) in [6.45, 7) is 35.5. The number of benzene rings is 2. The fraction of sp³-hybridized carbons (Fsp3) is 0.676. The van der Waals surface area contributed by atoms with Crippen LogP contribution in [0.25, 0.3) is 0 Å². The van der Waals surface area contributed by atoms with Gasteiger partial charge in [0.1, 0.15) is 25.7 Å². The van der Waals surface area contributed by atoms with Crippen molar-refractivity contribution >= 4 is 16.3 Å². The fourth-order valence-electron chi connectivity index (χ4n) is 5.32. The molecule has 0 atom stereocenters. The Hall–Kier alpha value is -1.26. The van der Waals surface area contributed by atoms with Crippen LogP contribution in [0, 0.1) is 19.3 Å². The topological polar surface area (TPSA) is 66.4 Å². The summed E-state index contributed by atoms with van der Waals surface area (Å²) in [5.41, 5.74) is 5.86. The Morgan fingerprint density at radius 3 is 1.38 bits per heavy atom. The zero-order valence-electron chi connectivity index (χ0n) is 31.0. The molecule has 0 aromatic heterocycles. The van der Waals surface area contributed by atoms with Gasteiger partial charge in [-0.3, -0.25) is 0 Å². The molecule has 0 spiro atoms. The molecule has 1 heterocycles. The molecule has 254 valence electrons. The molecule has 3 rings (SSSR count). The van der Waals surface area contributed by atoms with Gasteiger partial charge in [-0.2, -0.15) is 4.52 Å². The van der Waals surface area contributed by atoms with Crippen LogP contribution >= 0.6 is 16.3 Å². The summed E-state index contributed by atoms with van der Waals surface area (Å²) in [5, 5.41) is 10.6. The van der Waals surface area contributed by atoms with Gasteiger partial charge in [0.2, 0.25) is 0 Å². The zero-order chi connectivity index (χ0) is 34.4. The molecule has 0 saturated carbocycles. The monoisotopic (exact) mass is 663 g/mol. The molecule has 6 nitrogen and oxygen atoms in total. The number of aliphatic hydroxyl groups is 1. The van der Waals surface area contributed by atoms with Crippen LogP contribution in [0.3, 0.4) is 0 Å². The van der Waals surface area contributed by atoms with E-state index in [1.165, 1.54) is 22.3 Å². The Balaban J connectivity index is 1.81. The molecule has 2 aromatic carbocycles. The summed E-state index contributed by atoms with van der Waals surface area (Å²) in [6, 6.07) is 8.86. The summed E-state index contributed by atoms with van der Waals surface area (Å²) in [6.07, 6.45) is 0. The van der Waals surface area contributed by atoms with Crippen molar-refractivity contribution < 1.29 is 27.7 Å². The van der Waals surface area contributed by atoms with Gasteiger partial charge in [0.25, 0.3) is 0 Å². The van der Waals surface area contributed by atoms with Crippen molar-refractivity contribution in [3.63, 3.8) is 0 Å². The second-order valence-electron chi connectivity index (χ2n) is 17.5. The lowest BCUT2D eigenvalue weighted by Crippen LogP contribution is -2.42. The van der Waals surface area contributed by atoms with Gasteiger partial charge in [0.15, 0.2) is 5.75 Å². The number of rotatable bonds is 8. The van der Waals surface area contributed by atoms with Crippen LogP contribution in [0.1, 0.15) is 116 Å². The number of hydrogen-bond donors (Lipinski definition) is 1. The van der Waals surface area contributed by atoms with Gasteiger partial charge in [0.05, 0.1) is 25.2 Å². The van der Waals surface area contributed by atoms with Crippen molar-refractivity contribution in [3.8, 4) is 11.5 Å². The normalized spacial score (nSPS) is 20.3. The van der Waals surface area contributed by atoms with Gasteiger partial charge in [-0.1, -0.05) is 118 Å². The Kier molecular flexibility index (Phi) is 11.3. The van der Waals surface area contributed by atoms with Crippen LogP contribution < -0.4 is 9.05 Å². The average molecular weight is 664 g/mol. The van der Waals surface area contributed by atoms with E-state index >= 15 is 0 Å². The third-order valence-electron chi connectivity index (χ3n) is 8.14. The van der Waals surface area contributed by atoms with E-state index in [-0.39, 0.29) is 48.1 Å². The van der Waals surface area contributed by atoms with E-state index in [1.54, 1.807) is 0 Å². The summed E-state index contributed by atoms with van der Waals surface area (Å²) in [7, 11) is -4.02. The third-order valence-corrected chi connectivity index (χ3v) is 10.5. The minimum Gasteiger partial charge on any atom is -0.426 e. The first-order valence-electron chi connectivity index (χ1n) is 16.1. The van der Waals surface area contributed by atoms with E-state index in [2.05, 4.69) is 121 Å². The summed E-state index contributed by atoms with van der Waals surface area (Å²) in [4.78, 5) is 0. The highest BCUT2D eigenvalue weighted by atomic mass is 31.2. The van der Waals surface area contributed by atoms with Gasteiger partial charge < -0.3 is 23.2 Å². The highest BCUT2D eigenvalue weighted by Crippen LogP contribution is 2.58. The second kappa shape index (κ2) is 13.3. The van der Waals surface area contributed by atoms with Crippen LogP contribution in [-0.4, -0.2) is 44.9 Å². The first-order chi connectivity index (χ1) is 20.3. The lowest BCUT2D eigenvalue weighted by molar-refractivity contribution is -0.0458. The predicted molar refractivity (Wildman–Crippen MR) is 191 cm³/mol. The molecule has 1 N–H and O–H groups in total. The van der Waals surface area contributed by atoms with Crippen LogP contribution in [0.5, 0.6) is 11.5 Å². The minimum atomic E-state index is -2.37. The molecule has 45 heavy (non-hydrogen) atoms. The molecule has 0 bridgehead atoms. The third kappa shape index (κ3) is 9.65. The molecule has 1 fully saturated rings. The standard InChI is InChI=1S/C37H61O6P2/c1-25-17-27(33(3,4)5)31(28(18-25)34(6,7)8)42-44-39-22-37(21-38,23-40-44)24-41-45(15,16)43-32-29(35(9,10)11)19-26(2)20-30(32)36(12,13)14/h17-20,38H,21-24H2,1-16H3/q+1.